The summed E-state index contributed by atoms with van der Waals surface area (Å²) in [5.41, 5.74) is 9.66. The molecule has 3 rings (SSSR count). The van der Waals surface area contributed by atoms with Gasteiger partial charge in [-0.25, -0.2) is 0 Å². The van der Waals surface area contributed by atoms with E-state index < -0.39 is 0 Å². The van der Waals surface area contributed by atoms with E-state index in [9.17, 15) is 0 Å². The van der Waals surface area contributed by atoms with E-state index in [0.717, 1.165) is 34.0 Å². The number of aromatic nitrogens is 2. The molecule has 0 fully saturated rings. The molecule has 0 aliphatic carbocycles. The Bertz CT molecular complexity index is 578. The highest BCUT2D eigenvalue weighted by Crippen LogP contribution is 2.35. The van der Waals surface area contributed by atoms with Crippen molar-refractivity contribution in [1.82, 2.24) is 10.2 Å². The van der Waals surface area contributed by atoms with E-state index in [0.29, 0.717) is 19.8 Å². The lowest BCUT2D eigenvalue weighted by Crippen LogP contribution is -2.15. The Kier molecular flexibility index (Phi) is 2.68. The standard InChI is InChI=1S/C13H15N3O2/c1-8-10(7-14)13(16-15-8)9-2-3-11-12(6-9)18-5-4-17-11/h2-3,6H,4-5,7,14H2,1H3,(H,15,16). The minimum atomic E-state index is 0.464. The molecule has 0 radical (unpaired) electrons. The quantitative estimate of drug-likeness (QED) is 0.843. The molecule has 3 N–H and O–H groups in total. The second kappa shape index (κ2) is 4.34. The summed E-state index contributed by atoms with van der Waals surface area (Å²) in [6.07, 6.45) is 0. The normalized spacial score (nSPS) is 13.7. The van der Waals surface area contributed by atoms with Crippen molar-refractivity contribution in [1.29, 1.82) is 0 Å². The first-order chi connectivity index (χ1) is 8.79. The number of nitrogens with one attached hydrogen (secondary N) is 1. The van der Waals surface area contributed by atoms with Crippen molar-refractivity contribution in [2.24, 2.45) is 5.73 Å². The number of H-pyrrole nitrogens is 1. The number of ether oxygens (including phenoxy) is 2. The highest BCUT2D eigenvalue weighted by Gasteiger charge is 2.16. The summed E-state index contributed by atoms with van der Waals surface area (Å²) in [4.78, 5) is 0. The average molecular weight is 245 g/mol. The summed E-state index contributed by atoms with van der Waals surface area (Å²) in [6, 6.07) is 5.83. The van der Waals surface area contributed by atoms with Gasteiger partial charge in [0.05, 0.1) is 5.69 Å². The van der Waals surface area contributed by atoms with Crippen LogP contribution >= 0.6 is 0 Å². The van der Waals surface area contributed by atoms with Crippen LogP contribution in [-0.2, 0) is 6.54 Å². The number of rotatable bonds is 2. The van der Waals surface area contributed by atoms with Crippen molar-refractivity contribution < 1.29 is 9.47 Å². The van der Waals surface area contributed by atoms with Gasteiger partial charge in [-0.1, -0.05) is 0 Å². The fourth-order valence-corrected chi connectivity index (χ4v) is 2.13. The van der Waals surface area contributed by atoms with Gasteiger partial charge in [0.15, 0.2) is 11.5 Å². The molecule has 5 nitrogen and oxygen atoms in total. The monoisotopic (exact) mass is 245 g/mol. The van der Waals surface area contributed by atoms with E-state index in [2.05, 4.69) is 10.2 Å². The van der Waals surface area contributed by atoms with Gasteiger partial charge in [-0.3, -0.25) is 5.10 Å². The van der Waals surface area contributed by atoms with Crippen LogP contribution in [-0.4, -0.2) is 23.4 Å². The molecule has 0 atom stereocenters. The van der Waals surface area contributed by atoms with E-state index in [1.165, 1.54) is 0 Å². The van der Waals surface area contributed by atoms with E-state index in [1.54, 1.807) is 0 Å². The largest absolute Gasteiger partial charge is 0.486 e. The van der Waals surface area contributed by atoms with Crippen molar-refractivity contribution in [2.45, 2.75) is 13.5 Å². The Morgan fingerprint density at radius 1 is 1.28 bits per heavy atom. The molecule has 0 spiro atoms. The second-order valence-electron chi connectivity index (χ2n) is 4.24. The predicted octanol–water partition coefficient (Wildman–Crippen LogP) is 1.62. The number of benzene rings is 1. The van der Waals surface area contributed by atoms with Gasteiger partial charge in [-0.2, -0.15) is 5.10 Å². The van der Waals surface area contributed by atoms with Crippen LogP contribution in [0.3, 0.4) is 0 Å². The molecule has 0 saturated heterocycles. The first kappa shape index (κ1) is 11.1. The molecule has 1 aromatic carbocycles. The number of fused-ring (bicyclic) bond motifs is 1. The summed E-state index contributed by atoms with van der Waals surface area (Å²) in [5, 5.41) is 7.27. The molecule has 2 aromatic rings. The van der Waals surface area contributed by atoms with Gasteiger partial charge < -0.3 is 15.2 Å². The van der Waals surface area contributed by atoms with Crippen LogP contribution in [0.2, 0.25) is 0 Å². The first-order valence-electron chi connectivity index (χ1n) is 5.93. The molecular weight excluding hydrogens is 230 g/mol. The van der Waals surface area contributed by atoms with Crippen molar-refractivity contribution in [3.8, 4) is 22.8 Å². The van der Waals surface area contributed by atoms with Gasteiger partial charge in [-0.15, -0.1) is 0 Å². The second-order valence-corrected chi connectivity index (χ2v) is 4.24. The number of hydrogen-bond acceptors (Lipinski definition) is 4. The Hall–Kier alpha value is -2.01. The van der Waals surface area contributed by atoms with Gasteiger partial charge in [0, 0.05) is 23.4 Å². The Morgan fingerprint density at radius 3 is 2.83 bits per heavy atom. The SMILES string of the molecule is Cc1[nH]nc(-c2ccc3c(c2)OCCO3)c1CN. The molecule has 0 bridgehead atoms. The van der Waals surface area contributed by atoms with Crippen LogP contribution < -0.4 is 15.2 Å². The van der Waals surface area contributed by atoms with Crippen LogP contribution in [0.4, 0.5) is 0 Å². The maximum atomic E-state index is 5.76. The third-order valence-electron chi connectivity index (χ3n) is 3.09. The van der Waals surface area contributed by atoms with Crippen molar-refractivity contribution in [3.63, 3.8) is 0 Å². The third kappa shape index (κ3) is 1.73. The zero-order valence-electron chi connectivity index (χ0n) is 10.2. The molecular formula is C13H15N3O2. The number of nitrogens with two attached hydrogens (primary N) is 1. The molecule has 0 saturated carbocycles. The number of aromatic amines is 1. The van der Waals surface area contributed by atoms with Gasteiger partial charge in [0.25, 0.3) is 0 Å². The van der Waals surface area contributed by atoms with E-state index >= 15 is 0 Å². The summed E-state index contributed by atoms with van der Waals surface area (Å²) >= 11 is 0. The molecule has 0 amide bonds. The number of nitrogens with zero attached hydrogens (tertiary/aromatic N) is 1. The molecule has 1 aliphatic rings. The summed E-state index contributed by atoms with van der Waals surface area (Å²) < 4.78 is 11.1. The zero-order valence-corrected chi connectivity index (χ0v) is 10.2. The molecule has 18 heavy (non-hydrogen) atoms. The van der Waals surface area contributed by atoms with Gasteiger partial charge in [0.2, 0.25) is 0 Å². The van der Waals surface area contributed by atoms with Crippen LogP contribution in [0.1, 0.15) is 11.3 Å². The molecule has 5 heteroatoms. The van der Waals surface area contributed by atoms with Crippen LogP contribution in [0.25, 0.3) is 11.3 Å². The highest BCUT2D eigenvalue weighted by molar-refractivity contribution is 5.67. The van der Waals surface area contributed by atoms with E-state index in [-0.39, 0.29) is 0 Å². The van der Waals surface area contributed by atoms with Gasteiger partial charge >= 0.3 is 0 Å². The molecule has 2 heterocycles. The maximum Gasteiger partial charge on any atom is 0.162 e. The van der Waals surface area contributed by atoms with Crippen molar-refractivity contribution in [3.05, 3.63) is 29.5 Å². The summed E-state index contributed by atoms with van der Waals surface area (Å²) in [6.45, 7) is 3.62. The predicted molar refractivity (Wildman–Crippen MR) is 67.6 cm³/mol. The van der Waals surface area contributed by atoms with Crippen LogP contribution in [0.15, 0.2) is 18.2 Å². The van der Waals surface area contributed by atoms with Crippen LogP contribution in [0.5, 0.6) is 11.5 Å². The lowest BCUT2D eigenvalue weighted by atomic mass is 10.1. The third-order valence-corrected chi connectivity index (χ3v) is 3.09. The molecule has 1 aliphatic heterocycles. The fourth-order valence-electron chi connectivity index (χ4n) is 2.13. The van der Waals surface area contributed by atoms with Crippen molar-refractivity contribution >= 4 is 0 Å². The topological polar surface area (TPSA) is 73.2 Å². The minimum Gasteiger partial charge on any atom is -0.486 e. The lowest BCUT2D eigenvalue weighted by Gasteiger charge is -2.18. The Morgan fingerprint density at radius 2 is 2.06 bits per heavy atom. The molecule has 0 unspecified atom stereocenters. The van der Waals surface area contributed by atoms with Crippen LogP contribution in [0, 0.1) is 6.92 Å². The molecule has 1 aromatic heterocycles. The fraction of sp³-hybridized carbons (Fsp3) is 0.308. The Balaban J connectivity index is 2.06. The van der Waals surface area contributed by atoms with E-state index in [4.69, 9.17) is 15.2 Å². The summed E-state index contributed by atoms with van der Waals surface area (Å²) in [5.74, 6) is 1.55. The van der Waals surface area contributed by atoms with Gasteiger partial charge in [-0.05, 0) is 25.1 Å². The zero-order chi connectivity index (χ0) is 12.5. The van der Waals surface area contributed by atoms with E-state index in [1.807, 2.05) is 25.1 Å². The Labute approximate surface area is 105 Å². The highest BCUT2D eigenvalue weighted by atomic mass is 16.6. The average Bonchev–Trinajstić information content (AvgIpc) is 2.79. The lowest BCUT2D eigenvalue weighted by molar-refractivity contribution is 0.171. The molecule has 94 valence electrons. The number of hydrogen-bond donors (Lipinski definition) is 2. The minimum absolute atomic E-state index is 0.464. The first-order valence-corrected chi connectivity index (χ1v) is 5.93. The van der Waals surface area contributed by atoms with Gasteiger partial charge in [0.1, 0.15) is 13.2 Å². The van der Waals surface area contributed by atoms with Crippen molar-refractivity contribution in [2.75, 3.05) is 13.2 Å². The summed E-state index contributed by atoms with van der Waals surface area (Å²) in [7, 11) is 0. The smallest absolute Gasteiger partial charge is 0.162 e. The maximum absolute atomic E-state index is 5.76. The number of aryl methyl sites for hydroxylation is 1.